The number of aliphatic carboxylic acids is 1. The highest BCUT2D eigenvalue weighted by Gasteiger charge is 2.42. The van der Waals surface area contributed by atoms with Crippen molar-refractivity contribution in [3.63, 3.8) is 0 Å². The van der Waals surface area contributed by atoms with Gasteiger partial charge in [-0.2, -0.15) is 0 Å². The van der Waals surface area contributed by atoms with E-state index >= 15 is 0 Å². The van der Waals surface area contributed by atoms with E-state index in [1.165, 1.54) is 5.56 Å². The molecule has 1 aliphatic rings. The highest BCUT2D eigenvalue weighted by Crippen LogP contribution is 2.53. The molecule has 0 radical (unpaired) electrons. The lowest BCUT2D eigenvalue weighted by atomic mass is 9.73. The van der Waals surface area contributed by atoms with Gasteiger partial charge in [-0.05, 0) is 59.9 Å². The molecule has 0 amide bonds. The molecule has 1 N–H and O–H groups in total. The third kappa shape index (κ3) is 6.30. The average Bonchev–Trinajstić information content (AvgIpc) is 3.00. The quantitative estimate of drug-likeness (QED) is 0.200. The molecule has 0 aromatic heterocycles. The molecular weight excluding hydrogens is 544 g/mol. The van der Waals surface area contributed by atoms with Gasteiger partial charge in [-0.3, -0.25) is 0 Å². The Hall–Kier alpha value is -3.86. The Bertz CT molecular complexity index is 1530. The average molecular weight is 581 g/mol. The van der Waals surface area contributed by atoms with Crippen LogP contribution in [0.15, 0.2) is 115 Å². The van der Waals surface area contributed by atoms with Gasteiger partial charge in [0.2, 0.25) is 0 Å². The monoisotopic (exact) mass is 580 g/mol. The number of ether oxygens (including phenoxy) is 2. The number of carboxylic acid groups (broad SMARTS) is 1. The van der Waals surface area contributed by atoms with Crippen molar-refractivity contribution in [2.24, 2.45) is 5.92 Å². The zero-order valence-electron chi connectivity index (χ0n) is 24.3. The van der Waals surface area contributed by atoms with Gasteiger partial charge in [0.1, 0.15) is 5.75 Å². The first-order valence-electron chi connectivity index (χ1n) is 14.3. The standard InChI is InChI=1S/C37H37ClO4/c1-24(2)30-22-31(25-15-18-29(38)19-16-25)35(26-11-7-5-8-12-26)42-36(30)32-21-28(17-20-33(32)41-23-34(39)40)37(3,4)27-13-9-6-10-14-27/h5-21,30-31,35-36H,1,22-23H2,2-4H3,(H,39,40)/t30-,31-,35+,36+/m1/s1. The van der Waals surface area contributed by atoms with Gasteiger partial charge in [0.05, 0.1) is 12.2 Å². The summed E-state index contributed by atoms with van der Waals surface area (Å²) in [6, 6.07) is 34.7. The van der Waals surface area contributed by atoms with Crippen molar-refractivity contribution in [3.05, 3.63) is 148 Å². The Morgan fingerprint density at radius 2 is 1.55 bits per heavy atom. The van der Waals surface area contributed by atoms with Crippen molar-refractivity contribution in [3.8, 4) is 5.75 Å². The van der Waals surface area contributed by atoms with Gasteiger partial charge < -0.3 is 14.6 Å². The fourth-order valence-corrected chi connectivity index (χ4v) is 6.17. The van der Waals surface area contributed by atoms with E-state index in [1.807, 2.05) is 67.6 Å². The van der Waals surface area contributed by atoms with Crippen LogP contribution < -0.4 is 4.74 Å². The Kier molecular flexibility index (Phi) is 8.86. The van der Waals surface area contributed by atoms with E-state index in [9.17, 15) is 9.90 Å². The minimum atomic E-state index is -1.03. The van der Waals surface area contributed by atoms with Gasteiger partial charge in [-0.15, -0.1) is 0 Å². The molecule has 216 valence electrons. The van der Waals surface area contributed by atoms with Gasteiger partial charge in [0.25, 0.3) is 0 Å². The summed E-state index contributed by atoms with van der Waals surface area (Å²) in [7, 11) is 0. The molecule has 1 saturated heterocycles. The Morgan fingerprint density at radius 1 is 0.905 bits per heavy atom. The second kappa shape index (κ2) is 12.6. The van der Waals surface area contributed by atoms with Gasteiger partial charge in [0, 0.05) is 27.8 Å². The zero-order valence-corrected chi connectivity index (χ0v) is 25.1. The second-order valence-electron chi connectivity index (χ2n) is 11.7. The minimum Gasteiger partial charge on any atom is -0.482 e. The third-order valence-electron chi connectivity index (χ3n) is 8.48. The van der Waals surface area contributed by atoms with Crippen molar-refractivity contribution < 1.29 is 19.4 Å². The van der Waals surface area contributed by atoms with Crippen LogP contribution in [0.5, 0.6) is 5.75 Å². The van der Waals surface area contributed by atoms with Gasteiger partial charge >= 0.3 is 5.97 Å². The van der Waals surface area contributed by atoms with Crippen molar-refractivity contribution in [1.29, 1.82) is 0 Å². The Balaban J connectivity index is 1.63. The number of halogens is 1. The maximum Gasteiger partial charge on any atom is 0.341 e. The van der Waals surface area contributed by atoms with Gasteiger partial charge in [-0.25, -0.2) is 4.79 Å². The van der Waals surface area contributed by atoms with Gasteiger partial charge in [0.15, 0.2) is 6.61 Å². The summed E-state index contributed by atoms with van der Waals surface area (Å²) in [5.74, 6) is -0.485. The van der Waals surface area contributed by atoms with Crippen LogP contribution in [0.1, 0.15) is 73.1 Å². The maximum absolute atomic E-state index is 11.5. The summed E-state index contributed by atoms with van der Waals surface area (Å²) in [5, 5.41) is 10.1. The van der Waals surface area contributed by atoms with E-state index < -0.39 is 18.7 Å². The first-order chi connectivity index (χ1) is 20.1. The van der Waals surface area contributed by atoms with Crippen LogP contribution in [0, 0.1) is 5.92 Å². The van der Waals surface area contributed by atoms with Crippen molar-refractivity contribution in [1.82, 2.24) is 0 Å². The largest absolute Gasteiger partial charge is 0.482 e. The Labute approximate surface area is 253 Å². The highest BCUT2D eigenvalue weighted by atomic mass is 35.5. The van der Waals surface area contributed by atoms with Crippen molar-refractivity contribution >= 4 is 17.6 Å². The highest BCUT2D eigenvalue weighted by molar-refractivity contribution is 6.30. The SMILES string of the molecule is C=C(C)[C@H]1C[C@H](c2ccc(Cl)cc2)[C@H](c2ccccc2)O[C@@H]1c1cc(C(C)(C)c2ccccc2)ccc1OCC(=O)O. The molecule has 0 unspecified atom stereocenters. The lowest BCUT2D eigenvalue weighted by molar-refractivity contribution is -0.139. The molecule has 5 rings (SSSR count). The lowest BCUT2D eigenvalue weighted by Gasteiger charge is -2.43. The maximum atomic E-state index is 11.5. The predicted octanol–water partition coefficient (Wildman–Crippen LogP) is 9.31. The summed E-state index contributed by atoms with van der Waals surface area (Å²) in [4.78, 5) is 11.5. The molecule has 0 bridgehead atoms. The Morgan fingerprint density at radius 3 is 2.17 bits per heavy atom. The summed E-state index contributed by atoms with van der Waals surface area (Å²) < 4.78 is 13.0. The molecular formula is C37H37ClO4. The lowest BCUT2D eigenvalue weighted by Crippen LogP contribution is -2.32. The van der Waals surface area contributed by atoms with E-state index in [-0.39, 0.29) is 23.4 Å². The molecule has 0 aliphatic carbocycles. The zero-order chi connectivity index (χ0) is 29.9. The molecule has 4 nitrogen and oxygen atoms in total. The topological polar surface area (TPSA) is 55.8 Å². The first-order valence-corrected chi connectivity index (χ1v) is 14.7. The number of carboxylic acids is 1. The smallest absolute Gasteiger partial charge is 0.341 e. The van der Waals surface area contributed by atoms with Crippen LogP contribution in [0.25, 0.3) is 0 Å². The molecule has 42 heavy (non-hydrogen) atoms. The van der Waals surface area contributed by atoms with Crippen LogP contribution in [0.2, 0.25) is 5.02 Å². The van der Waals surface area contributed by atoms with Crippen LogP contribution in [-0.4, -0.2) is 17.7 Å². The molecule has 4 atom stereocenters. The molecule has 0 spiro atoms. The fraction of sp³-hybridized carbons (Fsp3) is 0.270. The van der Waals surface area contributed by atoms with E-state index in [1.54, 1.807) is 0 Å². The first kappa shape index (κ1) is 29.6. The number of hydrogen-bond donors (Lipinski definition) is 1. The molecule has 5 heteroatoms. The summed E-state index contributed by atoms with van der Waals surface area (Å²) in [6.45, 7) is 10.4. The molecule has 1 heterocycles. The van der Waals surface area contributed by atoms with Crippen LogP contribution >= 0.6 is 11.6 Å². The summed E-state index contributed by atoms with van der Waals surface area (Å²) in [6.07, 6.45) is 0.156. The van der Waals surface area contributed by atoms with E-state index in [0.29, 0.717) is 10.8 Å². The molecule has 4 aromatic rings. The number of benzene rings is 4. The number of rotatable bonds is 9. The number of carbonyl (C=O) groups is 1. The fourth-order valence-electron chi connectivity index (χ4n) is 6.04. The van der Waals surface area contributed by atoms with Gasteiger partial charge in [-0.1, -0.05) is 116 Å². The minimum absolute atomic E-state index is 0.0343. The van der Waals surface area contributed by atoms with E-state index in [4.69, 9.17) is 21.1 Å². The van der Waals surface area contributed by atoms with Crippen LogP contribution in [-0.2, 0) is 14.9 Å². The molecule has 1 aliphatic heterocycles. The molecule has 4 aromatic carbocycles. The summed E-state index contributed by atoms with van der Waals surface area (Å²) in [5.41, 5.74) is 6.03. The van der Waals surface area contributed by atoms with Crippen LogP contribution in [0.3, 0.4) is 0 Å². The number of hydrogen-bond acceptors (Lipinski definition) is 3. The summed E-state index contributed by atoms with van der Waals surface area (Å²) >= 11 is 6.25. The third-order valence-corrected chi connectivity index (χ3v) is 8.73. The van der Waals surface area contributed by atoms with Crippen molar-refractivity contribution in [2.75, 3.05) is 6.61 Å². The normalized spacial score (nSPS) is 20.6. The van der Waals surface area contributed by atoms with E-state index in [2.05, 4.69) is 62.9 Å². The van der Waals surface area contributed by atoms with Crippen LogP contribution in [0.4, 0.5) is 0 Å². The predicted molar refractivity (Wildman–Crippen MR) is 168 cm³/mol. The molecule has 0 saturated carbocycles. The second-order valence-corrected chi connectivity index (χ2v) is 12.1. The molecule has 1 fully saturated rings. The van der Waals surface area contributed by atoms with E-state index in [0.717, 1.165) is 34.2 Å². The van der Waals surface area contributed by atoms with Crippen molar-refractivity contribution in [2.45, 2.75) is 50.7 Å².